The van der Waals surface area contributed by atoms with Crippen LogP contribution in [0.2, 0.25) is 0 Å². The lowest BCUT2D eigenvalue weighted by Crippen LogP contribution is -2.49. The molecule has 29 heavy (non-hydrogen) atoms. The molecule has 1 heterocycles. The first-order chi connectivity index (χ1) is 13.9. The molecule has 1 aliphatic carbocycles. The summed E-state index contributed by atoms with van der Waals surface area (Å²) in [5, 5.41) is 0. The summed E-state index contributed by atoms with van der Waals surface area (Å²) >= 11 is 0. The molecular formula is C22H31N3O4. The van der Waals surface area contributed by atoms with Crippen LogP contribution < -0.4 is 4.74 Å². The number of nitrogens with zero attached hydrogens (tertiary/aromatic N) is 3. The van der Waals surface area contributed by atoms with E-state index in [2.05, 4.69) is 0 Å². The molecule has 7 heteroatoms. The molecule has 0 N–H and O–H groups in total. The van der Waals surface area contributed by atoms with Crippen molar-refractivity contribution in [1.82, 2.24) is 14.7 Å². The summed E-state index contributed by atoms with van der Waals surface area (Å²) in [5.41, 5.74) is 0.185. The molecule has 1 unspecified atom stereocenters. The largest absolute Gasteiger partial charge is 0.497 e. The van der Waals surface area contributed by atoms with Gasteiger partial charge in [0.1, 0.15) is 17.8 Å². The first-order valence-electron chi connectivity index (χ1n) is 10.4. The zero-order valence-corrected chi connectivity index (χ0v) is 17.8. The predicted molar refractivity (Wildman–Crippen MR) is 109 cm³/mol. The Morgan fingerprint density at radius 3 is 2.55 bits per heavy atom. The zero-order chi connectivity index (χ0) is 21.2. The van der Waals surface area contributed by atoms with Crippen molar-refractivity contribution in [3.05, 3.63) is 29.8 Å². The lowest BCUT2D eigenvalue weighted by atomic mass is 9.81. The monoisotopic (exact) mass is 401 g/mol. The van der Waals surface area contributed by atoms with Gasteiger partial charge in [0.25, 0.3) is 5.91 Å². The number of ether oxygens (including phenoxy) is 1. The minimum atomic E-state index is -0.759. The van der Waals surface area contributed by atoms with Crippen molar-refractivity contribution in [2.75, 3.05) is 27.2 Å². The number of methoxy groups -OCH3 is 1. The Morgan fingerprint density at radius 1 is 1.24 bits per heavy atom. The quantitative estimate of drug-likeness (QED) is 0.687. The fourth-order valence-corrected chi connectivity index (χ4v) is 4.64. The molecule has 1 saturated heterocycles. The van der Waals surface area contributed by atoms with Crippen LogP contribution in [-0.4, -0.2) is 65.3 Å². The van der Waals surface area contributed by atoms with Crippen molar-refractivity contribution in [1.29, 1.82) is 0 Å². The molecule has 1 aromatic carbocycles. The fraction of sp³-hybridized carbons (Fsp3) is 0.591. The summed E-state index contributed by atoms with van der Waals surface area (Å²) in [6, 6.07) is 7.03. The van der Waals surface area contributed by atoms with Gasteiger partial charge in [-0.25, -0.2) is 4.79 Å². The molecule has 0 aromatic heterocycles. The van der Waals surface area contributed by atoms with E-state index in [1.807, 2.05) is 38.1 Å². The average molecular weight is 402 g/mol. The standard InChI is InChI=1S/C22H31N3O4/c1-5-24(16(2)17-10-9-11-18(14-17)29-4)19(26)15-25-20(27)22(23(3)21(25)28)12-7-6-8-13-22/h9-11,14,16H,5-8,12-13,15H2,1-4H3. The molecule has 1 saturated carbocycles. The number of hydrogen-bond donors (Lipinski definition) is 0. The highest BCUT2D eigenvalue weighted by atomic mass is 16.5. The molecule has 3 rings (SSSR count). The number of carbonyl (C=O) groups excluding carboxylic acids is 3. The molecule has 1 spiro atoms. The van der Waals surface area contributed by atoms with Crippen LogP contribution in [0.1, 0.15) is 57.6 Å². The van der Waals surface area contributed by atoms with Crippen molar-refractivity contribution in [3.8, 4) is 5.75 Å². The van der Waals surface area contributed by atoms with Gasteiger partial charge in [0.15, 0.2) is 0 Å². The normalized spacial score (nSPS) is 19.6. The highest BCUT2D eigenvalue weighted by molar-refractivity contribution is 6.09. The summed E-state index contributed by atoms with van der Waals surface area (Å²) in [6.07, 6.45) is 4.29. The SMILES string of the molecule is CCN(C(=O)CN1C(=O)N(C)C2(CCCCC2)C1=O)C(C)c1cccc(OC)c1. The van der Waals surface area contributed by atoms with E-state index < -0.39 is 5.54 Å². The Labute approximate surface area is 172 Å². The maximum Gasteiger partial charge on any atom is 0.327 e. The van der Waals surface area contributed by atoms with Gasteiger partial charge in [-0.15, -0.1) is 0 Å². The van der Waals surface area contributed by atoms with Crippen molar-refractivity contribution in [2.45, 2.75) is 57.5 Å². The van der Waals surface area contributed by atoms with Crippen LogP contribution in [0.25, 0.3) is 0 Å². The van der Waals surface area contributed by atoms with Gasteiger partial charge in [-0.05, 0) is 44.4 Å². The van der Waals surface area contributed by atoms with Gasteiger partial charge in [0.2, 0.25) is 5.91 Å². The average Bonchev–Trinajstić information content (AvgIpc) is 2.91. The minimum Gasteiger partial charge on any atom is -0.497 e. The number of urea groups is 1. The topological polar surface area (TPSA) is 70.2 Å². The van der Waals surface area contributed by atoms with Crippen molar-refractivity contribution in [2.24, 2.45) is 0 Å². The Morgan fingerprint density at radius 2 is 1.93 bits per heavy atom. The maximum absolute atomic E-state index is 13.1. The van der Waals surface area contributed by atoms with Crippen LogP contribution in [0.4, 0.5) is 4.79 Å². The third-order valence-electron chi connectivity index (χ3n) is 6.48. The number of rotatable bonds is 6. The summed E-state index contributed by atoms with van der Waals surface area (Å²) in [7, 11) is 3.29. The second kappa shape index (κ2) is 8.43. The molecule has 4 amide bonds. The van der Waals surface area contributed by atoms with Gasteiger partial charge in [0.05, 0.1) is 13.2 Å². The molecule has 7 nitrogen and oxygen atoms in total. The van der Waals surface area contributed by atoms with Crippen LogP contribution in [0.3, 0.4) is 0 Å². The molecule has 1 aromatic rings. The minimum absolute atomic E-state index is 0.197. The summed E-state index contributed by atoms with van der Waals surface area (Å²) < 4.78 is 5.28. The first kappa shape index (κ1) is 21.1. The second-order valence-electron chi connectivity index (χ2n) is 7.96. The van der Waals surface area contributed by atoms with E-state index in [9.17, 15) is 14.4 Å². The van der Waals surface area contributed by atoms with Gasteiger partial charge < -0.3 is 14.5 Å². The van der Waals surface area contributed by atoms with E-state index >= 15 is 0 Å². The van der Waals surface area contributed by atoms with E-state index in [0.717, 1.165) is 35.5 Å². The van der Waals surface area contributed by atoms with E-state index in [1.165, 1.54) is 0 Å². The van der Waals surface area contributed by atoms with E-state index in [0.29, 0.717) is 19.4 Å². The number of amides is 4. The Hall–Kier alpha value is -2.57. The molecule has 0 radical (unpaired) electrons. The van der Waals surface area contributed by atoms with E-state index in [1.54, 1.807) is 24.0 Å². The van der Waals surface area contributed by atoms with Gasteiger partial charge in [-0.1, -0.05) is 31.4 Å². The fourth-order valence-electron chi connectivity index (χ4n) is 4.64. The third-order valence-corrected chi connectivity index (χ3v) is 6.48. The van der Waals surface area contributed by atoms with Crippen LogP contribution in [0.15, 0.2) is 24.3 Å². The predicted octanol–water partition coefficient (Wildman–Crippen LogP) is 3.20. The zero-order valence-electron chi connectivity index (χ0n) is 17.8. The molecule has 2 fully saturated rings. The van der Waals surface area contributed by atoms with Gasteiger partial charge in [-0.3, -0.25) is 14.5 Å². The maximum atomic E-state index is 13.1. The van der Waals surface area contributed by atoms with Crippen LogP contribution >= 0.6 is 0 Å². The van der Waals surface area contributed by atoms with Crippen LogP contribution in [0, 0.1) is 0 Å². The molecule has 1 atom stereocenters. The van der Waals surface area contributed by atoms with Gasteiger partial charge in [0, 0.05) is 13.6 Å². The molecule has 158 valence electrons. The number of imide groups is 1. The van der Waals surface area contributed by atoms with Crippen molar-refractivity contribution in [3.63, 3.8) is 0 Å². The smallest absolute Gasteiger partial charge is 0.327 e. The third kappa shape index (κ3) is 3.70. The van der Waals surface area contributed by atoms with E-state index in [4.69, 9.17) is 4.74 Å². The highest BCUT2D eigenvalue weighted by Gasteiger charge is 2.56. The summed E-state index contributed by atoms with van der Waals surface area (Å²) in [5.74, 6) is 0.275. The summed E-state index contributed by atoms with van der Waals surface area (Å²) in [6.45, 7) is 4.11. The van der Waals surface area contributed by atoms with E-state index in [-0.39, 0.29) is 30.4 Å². The lowest BCUT2D eigenvalue weighted by molar-refractivity contribution is -0.141. The number of carbonyl (C=O) groups is 3. The van der Waals surface area contributed by atoms with Gasteiger partial charge in [-0.2, -0.15) is 0 Å². The molecular weight excluding hydrogens is 370 g/mol. The summed E-state index contributed by atoms with van der Waals surface area (Å²) in [4.78, 5) is 43.5. The van der Waals surface area contributed by atoms with Crippen LogP contribution in [-0.2, 0) is 9.59 Å². The van der Waals surface area contributed by atoms with Crippen LogP contribution in [0.5, 0.6) is 5.75 Å². The Bertz CT molecular complexity index is 788. The molecule has 0 bridgehead atoms. The lowest BCUT2D eigenvalue weighted by Gasteiger charge is -2.36. The number of hydrogen-bond acceptors (Lipinski definition) is 4. The van der Waals surface area contributed by atoms with Crippen molar-refractivity contribution < 1.29 is 19.1 Å². The Balaban J connectivity index is 1.77. The van der Waals surface area contributed by atoms with Crippen molar-refractivity contribution >= 4 is 17.8 Å². The second-order valence-corrected chi connectivity index (χ2v) is 7.96. The number of benzene rings is 1. The molecule has 1 aliphatic heterocycles. The van der Waals surface area contributed by atoms with Gasteiger partial charge >= 0.3 is 6.03 Å². The number of likely N-dealkylation sites (N-methyl/N-ethyl adjacent to an activating group) is 2. The first-order valence-corrected chi connectivity index (χ1v) is 10.4. The molecule has 2 aliphatic rings. The highest BCUT2D eigenvalue weighted by Crippen LogP contribution is 2.39. The Kier molecular flexibility index (Phi) is 6.15.